The normalized spacial score (nSPS) is 26.4. The number of hydrogen-bond donors (Lipinski definition) is 1. The zero-order chi connectivity index (χ0) is 16.4. The molecule has 5 nitrogen and oxygen atoms in total. The summed E-state index contributed by atoms with van der Waals surface area (Å²) in [6.45, 7) is 6.74. The van der Waals surface area contributed by atoms with Crippen LogP contribution in [-0.2, 0) is 10.2 Å². The van der Waals surface area contributed by atoms with Gasteiger partial charge in [-0.1, -0.05) is 11.3 Å². The first-order chi connectivity index (χ1) is 11.0. The maximum Gasteiger partial charge on any atom is 0.271 e. The minimum Gasteiger partial charge on any atom is -0.438 e. The summed E-state index contributed by atoms with van der Waals surface area (Å²) < 4.78 is 11.7. The summed E-state index contributed by atoms with van der Waals surface area (Å²) in [5.41, 5.74) is 8.36. The Kier molecular flexibility index (Phi) is 2.96. The maximum absolute atomic E-state index is 9.68. The molecule has 2 aliphatic heterocycles. The molecule has 4 heterocycles. The van der Waals surface area contributed by atoms with E-state index in [1.54, 1.807) is 11.3 Å². The zero-order valence-corrected chi connectivity index (χ0v) is 14.1. The highest BCUT2D eigenvalue weighted by Gasteiger charge is 2.54. The molecule has 0 saturated carbocycles. The molecule has 2 unspecified atom stereocenters. The molecule has 23 heavy (non-hydrogen) atoms. The lowest BCUT2D eigenvalue weighted by atomic mass is 9.72. The number of pyridine rings is 1. The van der Waals surface area contributed by atoms with Crippen molar-refractivity contribution in [3.05, 3.63) is 33.7 Å². The molecule has 6 heteroatoms. The van der Waals surface area contributed by atoms with Crippen molar-refractivity contribution in [2.75, 3.05) is 6.61 Å². The van der Waals surface area contributed by atoms with E-state index in [0.717, 1.165) is 38.5 Å². The number of aryl methyl sites for hydroxylation is 2. The van der Waals surface area contributed by atoms with Gasteiger partial charge in [0.05, 0.1) is 16.4 Å². The number of fused-ring (bicyclic) bond motifs is 4. The highest BCUT2D eigenvalue weighted by molar-refractivity contribution is 7.18. The zero-order valence-electron chi connectivity index (χ0n) is 13.3. The highest BCUT2D eigenvalue weighted by Crippen LogP contribution is 2.56. The quantitative estimate of drug-likeness (QED) is 0.805. The van der Waals surface area contributed by atoms with Gasteiger partial charge in [0.15, 0.2) is 11.4 Å². The van der Waals surface area contributed by atoms with Gasteiger partial charge in [0.1, 0.15) is 17.0 Å². The number of nitrogens with one attached hydrogen (secondary N) is 1. The van der Waals surface area contributed by atoms with Gasteiger partial charge < -0.3 is 15.2 Å². The molecule has 0 radical (unpaired) electrons. The summed E-state index contributed by atoms with van der Waals surface area (Å²) in [4.78, 5) is 5.52. The molecule has 1 saturated heterocycles. The largest absolute Gasteiger partial charge is 0.438 e. The number of ether oxygens (including phenoxy) is 2. The van der Waals surface area contributed by atoms with Crippen molar-refractivity contribution in [1.82, 2.24) is 0 Å². The molecule has 0 aliphatic carbocycles. The van der Waals surface area contributed by atoms with Gasteiger partial charge in [-0.25, -0.2) is 0 Å². The first-order valence-electron chi connectivity index (χ1n) is 7.65. The first kappa shape index (κ1) is 14.5. The standard InChI is InChI=1S/C17H17N3O2S/c1-8-6-9(2)20-16-12(8)13-14(23-16)17(4-5-21-10(17)3)11(7-18)15(19)22-13/h6,10H,4-5,19H2,1-3H3/p+1. The van der Waals surface area contributed by atoms with Crippen LogP contribution in [-0.4, -0.2) is 12.7 Å². The highest BCUT2D eigenvalue weighted by atomic mass is 32.1. The van der Waals surface area contributed by atoms with Crippen LogP contribution in [0.3, 0.4) is 0 Å². The molecule has 0 aromatic carbocycles. The third kappa shape index (κ3) is 1.72. The van der Waals surface area contributed by atoms with Crippen molar-refractivity contribution < 1.29 is 14.5 Å². The molecule has 1 spiro atoms. The van der Waals surface area contributed by atoms with Crippen molar-refractivity contribution in [3.8, 4) is 11.8 Å². The van der Waals surface area contributed by atoms with E-state index in [1.165, 1.54) is 0 Å². The third-order valence-corrected chi connectivity index (χ3v) is 6.25. The lowest BCUT2D eigenvalue weighted by Gasteiger charge is -2.35. The minimum atomic E-state index is -0.496. The number of nitriles is 1. The molecule has 2 aromatic heterocycles. The second-order valence-corrected chi connectivity index (χ2v) is 7.31. The van der Waals surface area contributed by atoms with Crippen LogP contribution in [0.4, 0.5) is 0 Å². The Morgan fingerprint density at radius 3 is 2.91 bits per heavy atom. The second kappa shape index (κ2) is 4.70. The summed E-state index contributed by atoms with van der Waals surface area (Å²) in [7, 11) is 0. The smallest absolute Gasteiger partial charge is 0.271 e. The summed E-state index contributed by atoms with van der Waals surface area (Å²) in [5, 5.41) is 10.7. The summed E-state index contributed by atoms with van der Waals surface area (Å²) in [5.74, 6) is 0.990. The van der Waals surface area contributed by atoms with Crippen LogP contribution >= 0.6 is 11.3 Å². The molecule has 118 valence electrons. The van der Waals surface area contributed by atoms with E-state index in [1.807, 2.05) is 13.8 Å². The molecule has 2 aliphatic rings. The van der Waals surface area contributed by atoms with Crippen LogP contribution in [0.1, 0.15) is 29.5 Å². The average molecular weight is 328 g/mol. The molecule has 2 aromatic rings. The Labute approximate surface area is 138 Å². The van der Waals surface area contributed by atoms with E-state index >= 15 is 0 Å². The Morgan fingerprint density at radius 2 is 2.26 bits per heavy atom. The summed E-state index contributed by atoms with van der Waals surface area (Å²) in [6, 6.07) is 4.37. The van der Waals surface area contributed by atoms with Gasteiger partial charge in [-0.3, -0.25) is 0 Å². The van der Waals surface area contributed by atoms with E-state index < -0.39 is 5.41 Å². The van der Waals surface area contributed by atoms with Crippen LogP contribution < -0.4 is 15.5 Å². The number of aromatic nitrogens is 1. The van der Waals surface area contributed by atoms with Crippen LogP contribution in [0.5, 0.6) is 5.75 Å². The van der Waals surface area contributed by atoms with Gasteiger partial charge in [-0.2, -0.15) is 10.2 Å². The van der Waals surface area contributed by atoms with E-state index in [2.05, 4.69) is 24.0 Å². The van der Waals surface area contributed by atoms with E-state index in [0.29, 0.717) is 12.2 Å². The van der Waals surface area contributed by atoms with E-state index in [9.17, 15) is 5.26 Å². The molecule has 3 N–H and O–H groups in total. The fourth-order valence-electron chi connectivity index (χ4n) is 3.88. The fourth-order valence-corrected chi connectivity index (χ4v) is 5.44. The lowest BCUT2D eigenvalue weighted by Crippen LogP contribution is -2.40. The molecule has 0 amide bonds. The monoisotopic (exact) mass is 328 g/mol. The van der Waals surface area contributed by atoms with Crippen molar-refractivity contribution >= 4 is 21.6 Å². The van der Waals surface area contributed by atoms with Crippen LogP contribution in [0.15, 0.2) is 17.5 Å². The van der Waals surface area contributed by atoms with Gasteiger partial charge in [0.25, 0.3) is 4.83 Å². The molecule has 0 bridgehead atoms. The Bertz CT molecular complexity index is 909. The van der Waals surface area contributed by atoms with Crippen LogP contribution in [0.2, 0.25) is 0 Å². The Hall–Kier alpha value is -2.10. The molecule has 2 atom stereocenters. The van der Waals surface area contributed by atoms with Crippen molar-refractivity contribution in [2.45, 2.75) is 38.7 Å². The third-order valence-electron chi connectivity index (χ3n) is 4.98. The molecule has 1 fully saturated rings. The molecular formula is C17H18N3O2S+. The number of aromatic amines is 1. The predicted molar refractivity (Wildman–Crippen MR) is 87.0 cm³/mol. The second-order valence-electron chi connectivity index (χ2n) is 6.29. The van der Waals surface area contributed by atoms with Gasteiger partial charge in [0.2, 0.25) is 5.88 Å². The van der Waals surface area contributed by atoms with Crippen molar-refractivity contribution in [3.63, 3.8) is 0 Å². The first-order valence-corrected chi connectivity index (χ1v) is 8.47. The number of rotatable bonds is 0. The van der Waals surface area contributed by atoms with Gasteiger partial charge in [-0.15, -0.1) is 0 Å². The SMILES string of the molecule is Cc1cc(C)c2c3c(sc2[nH+]1)C1(CCOC1C)C(C#N)=C(N)O3. The average Bonchev–Trinajstić information content (AvgIpc) is 3.02. The molecule has 4 rings (SSSR count). The Balaban J connectivity index is 2.10. The number of nitrogens with two attached hydrogens (primary N) is 1. The number of H-pyrrole nitrogens is 1. The number of hydrogen-bond acceptors (Lipinski definition) is 5. The van der Waals surface area contributed by atoms with Gasteiger partial charge in [0, 0.05) is 19.6 Å². The van der Waals surface area contributed by atoms with Gasteiger partial charge >= 0.3 is 0 Å². The minimum absolute atomic E-state index is 0.104. The van der Waals surface area contributed by atoms with Crippen LogP contribution in [0.25, 0.3) is 10.2 Å². The van der Waals surface area contributed by atoms with Crippen LogP contribution in [0, 0.1) is 25.2 Å². The summed E-state index contributed by atoms with van der Waals surface area (Å²) in [6.07, 6.45) is 0.645. The Morgan fingerprint density at radius 1 is 1.48 bits per heavy atom. The van der Waals surface area contributed by atoms with Crippen molar-refractivity contribution in [1.29, 1.82) is 5.26 Å². The predicted octanol–water partition coefficient (Wildman–Crippen LogP) is 2.47. The fraction of sp³-hybridized carbons (Fsp3) is 0.412. The molecular weight excluding hydrogens is 310 g/mol. The summed E-state index contributed by atoms with van der Waals surface area (Å²) >= 11 is 1.65. The topological polar surface area (TPSA) is 82.4 Å². The van der Waals surface area contributed by atoms with E-state index in [4.69, 9.17) is 15.2 Å². The van der Waals surface area contributed by atoms with Gasteiger partial charge in [-0.05, 0) is 25.8 Å². The van der Waals surface area contributed by atoms with Crippen molar-refractivity contribution in [2.24, 2.45) is 5.73 Å². The number of thiophene rings is 1. The maximum atomic E-state index is 9.68. The number of nitrogens with zero attached hydrogens (tertiary/aromatic N) is 1. The lowest BCUT2D eigenvalue weighted by molar-refractivity contribution is -0.351. The van der Waals surface area contributed by atoms with E-state index in [-0.39, 0.29) is 12.0 Å².